The van der Waals surface area contributed by atoms with Gasteiger partial charge in [-0.1, -0.05) is 5.16 Å². The van der Waals surface area contributed by atoms with Crippen LogP contribution >= 0.6 is 11.9 Å². The van der Waals surface area contributed by atoms with Crippen LogP contribution in [0.5, 0.6) is 11.5 Å². The van der Waals surface area contributed by atoms with Gasteiger partial charge in [0.1, 0.15) is 11.5 Å². The van der Waals surface area contributed by atoms with Gasteiger partial charge in [-0.25, -0.2) is 0 Å². The van der Waals surface area contributed by atoms with Gasteiger partial charge in [0.05, 0.1) is 13.3 Å². The number of methoxy groups -OCH3 is 1. The molecule has 0 saturated carbocycles. The summed E-state index contributed by atoms with van der Waals surface area (Å²) in [4.78, 5) is 0. The van der Waals surface area contributed by atoms with Crippen LogP contribution in [-0.4, -0.2) is 18.4 Å². The van der Waals surface area contributed by atoms with E-state index in [9.17, 15) is 5.11 Å². The third-order valence-corrected chi connectivity index (χ3v) is 1.55. The summed E-state index contributed by atoms with van der Waals surface area (Å²) in [6.45, 7) is 0. The summed E-state index contributed by atoms with van der Waals surface area (Å²) in [6, 6.07) is 4.73. The molecule has 0 saturated heterocycles. The van der Waals surface area contributed by atoms with Crippen LogP contribution < -0.4 is 4.74 Å². The highest BCUT2D eigenvalue weighted by atomic mass is 35.5. The molecule has 1 aromatic carbocycles. The summed E-state index contributed by atoms with van der Waals surface area (Å²) in [7, 11) is 1.53. The minimum Gasteiger partial charge on any atom is -0.507 e. The first-order chi connectivity index (χ1) is 6.27. The quantitative estimate of drug-likeness (QED) is 0.600. The number of nitrogens with zero attached hydrogens (tertiary/aromatic N) is 1. The number of phenols is 1. The molecule has 0 unspecified atom stereocenters. The van der Waals surface area contributed by atoms with Crippen molar-refractivity contribution in [2.45, 2.75) is 0 Å². The Morgan fingerprint density at radius 2 is 2.31 bits per heavy atom. The van der Waals surface area contributed by atoms with Gasteiger partial charge in [0.15, 0.2) is 11.9 Å². The number of ether oxygens (including phenoxy) is 1. The Balaban J connectivity index is 2.97. The van der Waals surface area contributed by atoms with E-state index in [0.717, 1.165) is 0 Å². The van der Waals surface area contributed by atoms with E-state index in [1.54, 1.807) is 12.1 Å². The Morgan fingerprint density at radius 3 is 2.92 bits per heavy atom. The molecule has 1 aromatic rings. The number of benzene rings is 1. The lowest BCUT2D eigenvalue weighted by molar-refractivity contribution is 0.383. The van der Waals surface area contributed by atoms with Crippen LogP contribution in [0.4, 0.5) is 0 Å². The Kier molecular flexibility index (Phi) is 3.40. The molecule has 0 bridgehead atoms. The SMILES string of the molecule is COc1ccc(O)c(/C=N/OCl)c1. The standard InChI is InChI=1S/C8H8ClNO3/c1-12-7-2-3-8(11)6(4-7)5-10-13-9/h2-5,11H,1H3/b10-5+. The summed E-state index contributed by atoms with van der Waals surface area (Å²) in [5.41, 5.74) is 0.472. The Hall–Kier alpha value is -1.42. The molecular formula is C8H8ClNO3. The molecule has 0 aromatic heterocycles. The first kappa shape index (κ1) is 9.67. The molecule has 0 heterocycles. The van der Waals surface area contributed by atoms with Crippen LogP contribution in [0.25, 0.3) is 0 Å². The van der Waals surface area contributed by atoms with Crippen molar-refractivity contribution in [1.82, 2.24) is 0 Å². The molecular weight excluding hydrogens is 194 g/mol. The normalized spacial score (nSPS) is 10.3. The molecule has 0 atom stereocenters. The van der Waals surface area contributed by atoms with Crippen LogP contribution in [0.1, 0.15) is 5.56 Å². The zero-order valence-corrected chi connectivity index (χ0v) is 7.65. The molecule has 5 heteroatoms. The van der Waals surface area contributed by atoms with E-state index in [0.29, 0.717) is 11.3 Å². The van der Waals surface area contributed by atoms with E-state index in [2.05, 4.69) is 9.55 Å². The second-order valence-electron chi connectivity index (χ2n) is 2.23. The van der Waals surface area contributed by atoms with Crippen LogP contribution in [0.3, 0.4) is 0 Å². The van der Waals surface area contributed by atoms with Crippen LogP contribution in [-0.2, 0) is 4.39 Å². The molecule has 0 aliphatic heterocycles. The van der Waals surface area contributed by atoms with Crippen molar-refractivity contribution in [3.8, 4) is 11.5 Å². The summed E-state index contributed by atoms with van der Waals surface area (Å²) in [6.07, 6.45) is 1.28. The average molecular weight is 202 g/mol. The highest BCUT2D eigenvalue weighted by molar-refractivity contribution is 6.07. The molecule has 0 radical (unpaired) electrons. The van der Waals surface area contributed by atoms with E-state index in [1.807, 2.05) is 0 Å². The van der Waals surface area contributed by atoms with Crippen LogP contribution in [0.15, 0.2) is 23.4 Å². The summed E-state index contributed by atoms with van der Waals surface area (Å²) < 4.78 is 8.91. The zero-order chi connectivity index (χ0) is 9.68. The highest BCUT2D eigenvalue weighted by Crippen LogP contribution is 2.20. The minimum absolute atomic E-state index is 0.0817. The number of oxime groups is 1. The number of rotatable bonds is 3. The maximum atomic E-state index is 9.31. The fraction of sp³-hybridized carbons (Fsp3) is 0.125. The predicted molar refractivity (Wildman–Crippen MR) is 49.2 cm³/mol. The van der Waals surface area contributed by atoms with E-state index < -0.39 is 0 Å². The average Bonchev–Trinajstić information content (AvgIpc) is 2.17. The lowest BCUT2D eigenvalue weighted by atomic mass is 10.2. The molecule has 0 aliphatic carbocycles. The molecule has 4 nitrogen and oxygen atoms in total. The lowest BCUT2D eigenvalue weighted by Gasteiger charge is -2.01. The minimum atomic E-state index is 0.0817. The van der Waals surface area contributed by atoms with Crippen molar-refractivity contribution in [1.29, 1.82) is 0 Å². The second-order valence-corrected chi connectivity index (χ2v) is 2.37. The number of hydrogen-bond donors (Lipinski definition) is 1. The van der Waals surface area contributed by atoms with Gasteiger partial charge in [0.2, 0.25) is 0 Å². The fourth-order valence-electron chi connectivity index (χ4n) is 0.840. The van der Waals surface area contributed by atoms with Crippen molar-refractivity contribution >= 4 is 18.1 Å². The number of aromatic hydroxyl groups is 1. The largest absolute Gasteiger partial charge is 0.507 e. The van der Waals surface area contributed by atoms with Gasteiger partial charge in [-0.05, 0) is 18.2 Å². The number of halogens is 1. The third-order valence-electron chi connectivity index (χ3n) is 1.47. The molecule has 13 heavy (non-hydrogen) atoms. The van der Waals surface area contributed by atoms with Gasteiger partial charge in [0, 0.05) is 5.56 Å². The van der Waals surface area contributed by atoms with Gasteiger partial charge in [-0.15, -0.1) is 0 Å². The number of hydrogen-bond acceptors (Lipinski definition) is 4. The molecule has 0 fully saturated rings. The fourth-order valence-corrected chi connectivity index (χ4v) is 0.880. The van der Waals surface area contributed by atoms with Crippen molar-refractivity contribution in [2.24, 2.45) is 5.16 Å². The van der Waals surface area contributed by atoms with Gasteiger partial charge in [0.25, 0.3) is 0 Å². The van der Waals surface area contributed by atoms with Crippen molar-refractivity contribution < 1.29 is 14.2 Å². The zero-order valence-electron chi connectivity index (χ0n) is 6.90. The monoisotopic (exact) mass is 201 g/mol. The topological polar surface area (TPSA) is 51.0 Å². The van der Waals surface area contributed by atoms with Crippen molar-refractivity contribution in [3.05, 3.63) is 23.8 Å². The maximum absolute atomic E-state index is 9.31. The van der Waals surface area contributed by atoms with Gasteiger partial charge in [-0.2, -0.15) is 0 Å². The molecule has 1 N–H and O–H groups in total. The molecule has 1 rings (SSSR count). The summed E-state index contributed by atoms with van der Waals surface area (Å²) >= 11 is 4.87. The Bertz CT molecular complexity index is 314. The lowest BCUT2D eigenvalue weighted by Crippen LogP contribution is -1.87. The first-order valence-corrected chi connectivity index (χ1v) is 3.77. The Morgan fingerprint density at radius 1 is 1.54 bits per heavy atom. The summed E-state index contributed by atoms with van der Waals surface area (Å²) in [5.74, 6) is 0.701. The smallest absolute Gasteiger partial charge is 0.167 e. The number of phenolic OH excluding ortho intramolecular Hbond substituents is 1. The van der Waals surface area contributed by atoms with Gasteiger partial charge < -0.3 is 9.84 Å². The van der Waals surface area contributed by atoms with Crippen LogP contribution in [0.2, 0.25) is 0 Å². The van der Waals surface area contributed by atoms with Gasteiger partial charge in [-0.3, -0.25) is 4.39 Å². The van der Waals surface area contributed by atoms with E-state index in [1.165, 1.54) is 19.4 Å². The third kappa shape index (κ3) is 2.52. The summed E-state index contributed by atoms with van der Waals surface area (Å²) in [5, 5.41) is 12.6. The van der Waals surface area contributed by atoms with Crippen molar-refractivity contribution in [2.75, 3.05) is 7.11 Å². The maximum Gasteiger partial charge on any atom is 0.167 e. The molecule has 0 spiro atoms. The van der Waals surface area contributed by atoms with E-state index in [4.69, 9.17) is 16.6 Å². The molecule has 70 valence electrons. The predicted octanol–water partition coefficient (Wildman–Crippen LogP) is 1.91. The molecule has 0 amide bonds. The molecule has 0 aliphatic rings. The van der Waals surface area contributed by atoms with Gasteiger partial charge >= 0.3 is 0 Å². The highest BCUT2D eigenvalue weighted by Gasteiger charge is 2.00. The van der Waals surface area contributed by atoms with E-state index in [-0.39, 0.29) is 5.75 Å². The second kappa shape index (κ2) is 4.57. The van der Waals surface area contributed by atoms with Crippen LogP contribution in [0, 0.1) is 0 Å². The van der Waals surface area contributed by atoms with E-state index >= 15 is 0 Å². The first-order valence-electron chi connectivity index (χ1n) is 3.46. The van der Waals surface area contributed by atoms with Crippen molar-refractivity contribution in [3.63, 3.8) is 0 Å². The Labute approximate surface area is 80.5 Å².